The summed E-state index contributed by atoms with van der Waals surface area (Å²) in [5, 5.41) is 0. The number of ether oxygens (including phenoxy) is 1. The molecule has 0 unspecified atom stereocenters. The van der Waals surface area contributed by atoms with Crippen LogP contribution < -0.4 is 4.74 Å². The van der Waals surface area contributed by atoms with Crippen LogP contribution >= 0.6 is 0 Å². The fraction of sp³-hybridized carbons (Fsp3) is 0.143. The molecule has 1 heterocycles. The fourth-order valence-electron chi connectivity index (χ4n) is 2.47. The third-order valence-electron chi connectivity index (χ3n) is 3.85. The van der Waals surface area contributed by atoms with E-state index in [4.69, 9.17) is 4.74 Å². The van der Waals surface area contributed by atoms with Crippen LogP contribution in [-0.2, 0) is 6.61 Å². The maximum Gasteiger partial charge on any atom is 0.159 e. The molecule has 0 aliphatic heterocycles. The Morgan fingerprint density at radius 2 is 1.83 bits per heavy atom. The Morgan fingerprint density at radius 3 is 2.50 bits per heavy atom. The Labute approximate surface area is 142 Å². The summed E-state index contributed by atoms with van der Waals surface area (Å²) in [6.07, 6.45) is 1.75. The van der Waals surface area contributed by atoms with Crippen molar-refractivity contribution in [3.05, 3.63) is 83.7 Å². The molecule has 120 valence electrons. The van der Waals surface area contributed by atoms with E-state index in [-0.39, 0.29) is 5.78 Å². The van der Waals surface area contributed by atoms with Gasteiger partial charge in [0.05, 0.1) is 5.69 Å². The zero-order valence-corrected chi connectivity index (χ0v) is 13.8. The first kappa shape index (κ1) is 15.9. The van der Waals surface area contributed by atoms with E-state index in [9.17, 15) is 4.79 Å². The summed E-state index contributed by atoms with van der Waals surface area (Å²) >= 11 is 0. The van der Waals surface area contributed by atoms with Crippen molar-refractivity contribution in [3.8, 4) is 16.9 Å². The van der Waals surface area contributed by atoms with Crippen LogP contribution in [0.2, 0.25) is 0 Å². The van der Waals surface area contributed by atoms with Crippen LogP contribution in [0.4, 0.5) is 0 Å². The SMILES string of the molecule is CC(=O)c1ccc(OCc2ccccn2)c(-c2ccc(C)cc2)c1. The number of benzene rings is 2. The molecule has 0 amide bonds. The highest BCUT2D eigenvalue weighted by molar-refractivity contribution is 5.96. The van der Waals surface area contributed by atoms with E-state index < -0.39 is 0 Å². The Balaban J connectivity index is 1.95. The van der Waals surface area contributed by atoms with E-state index in [0.717, 1.165) is 22.6 Å². The number of hydrogen-bond donors (Lipinski definition) is 0. The van der Waals surface area contributed by atoms with Gasteiger partial charge in [0.1, 0.15) is 12.4 Å². The van der Waals surface area contributed by atoms with Crippen LogP contribution in [0.3, 0.4) is 0 Å². The van der Waals surface area contributed by atoms with E-state index in [1.165, 1.54) is 5.56 Å². The van der Waals surface area contributed by atoms with E-state index in [0.29, 0.717) is 12.2 Å². The van der Waals surface area contributed by atoms with E-state index in [1.807, 2.05) is 49.4 Å². The van der Waals surface area contributed by atoms with Gasteiger partial charge in [0.15, 0.2) is 5.78 Å². The molecule has 24 heavy (non-hydrogen) atoms. The number of hydrogen-bond acceptors (Lipinski definition) is 3. The van der Waals surface area contributed by atoms with E-state index in [2.05, 4.69) is 17.1 Å². The maximum atomic E-state index is 11.7. The minimum absolute atomic E-state index is 0.0413. The molecule has 0 radical (unpaired) electrons. The van der Waals surface area contributed by atoms with Crippen molar-refractivity contribution in [2.75, 3.05) is 0 Å². The van der Waals surface area contributed by atoms with Crippen molar-refractivity contribution < 1.29 is 9.53 Å². The lowest BCUT2D eigenvalue weighted by Gasteiger charge is -2.13. The summed E-state index contributed by atoms with van der Waals surface area (Å²) in [6, 6.07) is 19.5. The quantitative estimate of drug-likeness (QED) is 0.632. The third kappa shape index (κ3) is 3.69. The Kier molecular flexibility index (Phi) is 4.71. The molecule has 0 N–H and O–H groups in total. The lowest BCUT2D eigenvalue weighted by molar-refractivity contribution is 0.101. The Morgan fingerprint density at radius 1 is 1.04 bits per heavy atom. The zero-order valence-electron chi connectivity index (χ0n) is 13.8. The van der Waals surface area contributed by atoms with Gasteiger partial charge in [-0.05, 0) is 49.7 Å². The van der Waals surface area contributed by atoms with Crippen LogP contribution in [0.25, 0.3) is 11.1 Å². The van der Waals surface area contributed by atoms with Crippen molar-refractivity contribution in [2.24, 2.45) is 0 Å². The smallest absolute Gasteiger partial charge is 0.159 e. The first-order valence-electron chi connectivity index (χ1n) is 7.88. The number of carbonyl (C=O) groups is 1. The number of rotatable bonds is 5. The van der Waals surface area contributed by atoms with Gasteiger partial charge in [-0.15, -0.1) is 0 Å². The second-order valence-electron chi connectivity index (χ2n) is 5.74. The number of aromatic nitrogens is 1. The molecule has 0 bridgehead atoms. The largest absolute Gasteiger partial charge is 0.487 e. The molecule has 2 aromatic carbocycles. The minimum Gasteiger partial charge on any atom is -0.487 e. The molecular weight excluding hydrogens is 298 g/mol. The standard InChI is InChI=1S/C21H19NO2/c1-15-6-8-17(9-7-15)20-13-18(16(2)23)10-11-21(20)24-14-19-5-3-4-12-22-19/h3-13H,14H2,1-2H3. The first-order valence-corrected chi connectivity index (χ1v) is 7.88. The van der Waals surface area contributed by atoms with Crippen molar-refractivity contribution in [3.63, 3.8) is 0 Å². The minimum atomic E-state index is 0.0413. The van der Waals surface area contributed by atoms with Gasteiger partial charge in [-0.3, -0.25) is 9.78 Å². The first-order chi connectivity index (χ1) is 11.6. The molecule has 3 aromatic rings. The highest BCUT2D eigenvalue weighted by atomic mass is 16.5. The molecule has 0 aliphatic carbocycles. The molecule has 0 aliphatic rings. The van der Waals surface area contributed by atoms with Crippen molar-refractivity contribution in [1.82, 2.24) is 4.98 Å². The molecule has 3 nitrogen and oxygen atoms in total. The van der Waals surface area contributed by atoms with Crippen LogP contribution in [0, 0.1) is 6.92 Å². The zero-order chi connectivity index (χ0) is 16.9. The predicted octanol–water partition coefficient (Wildman–Crippen LogP) is 4.84. The van der Waals surface area contributed by atoms with Crippen LogP contribution in [0.15, 0.2) is 66.9 Å². The van der Waals surface area contributed by atoms with Gasteiger partial charge in [-0.1, -0.05) is 35.9 Å². The van der Waals surface area contributed by atoms with Gasteiger partial charge in [-0.25, -0.2) is 0 Å². The van der Waals surface area contributed by atoms with Gasteiger partial charge < -0.3 is 4.74 Å². The van der Waals surface area contributed by atoms with Gasteiger partial charge in [0.25, 0.3) is 0 Å². The highest BCUT2D eigenvalue weighted by Crippen LogP contribution is 2.32. The molecule has 0 atom stereocenters. The second kappa shape index (κ2) is 7.09. The molecular formula is C21H19NO2. The highest BCUT2D eigenvalue weighted by Gasteiger charge is 2.10. The Hall–Kier alpha value is -2.94. The van der Waals surface area contributed by atoms with Crippen molar-refractivity contribution >= 4 is 5.78 Å². The van der Waals surface area contributed by atoms with Gasteiger partial charge in [0, 0.05) is 17.3 Å². The molecule has 1 aromatic heterocycles. The van der Waals surface area contributed by atoms with Crippen LogP contribution in [-0.4, -0.2) is 10.8 Å². The summed E-state index contributed by atoms with van der Waals surface area (Å²) in [7, 11) is 0. The molecule has 0 spiro atoms. The summed E-state index contributed by atoms with van der Waals surface area (Å²) in [5.74, 6) is 0.786. The molecule has 0 saturated carbocycles. The average molecular weight is 317 g/mol. The van der Waals surface area contributed by atoms with Crippen LogP contribution in [0.5, 0.6) is 5.75 Å². The molecule has 3 heteroatoms. The number of nitrogens with zero attached hydrogens (tertiary/aromatic N) is 1. The summed E-state index contributed by atoms with van der Waals surface area (Å²) < 4.78 is 5.97. The second-order valence-corrected chi connectivity index (χ2v) is 5.74. The van der Waals surface area contributed by atoms with E-state index >= 15 is 0 Å². The topological polar surface area (TPSA) is 39.2 Å². The lowest BCUT2D eigenvalue weighted by Crippen LogP contribution is -2.00. The van der Waals surface area contributed by atoms with Crippen LogP contribution in [0.1, 0.15) is 28.5 Å². The Bertz CT molecular complexity index is 839. The number of pyridine rings is 1. The molecule has 3 rings (SSSR count). The fourth-order valence-corrected chi connectivity index (χ4v) is 2.47. The monoisotopic (exact) mass is 317 g/mol. The van der Waals surface area contributed by atoms with Gasteiger partial charge in [0.2, 0.25) is 0 Å². The summed E-state index contributed by atoms with van der Waals surface area (Å²) in [4.78, 5) is 16.0. The normalized spacial score (nSPS) is 10.4. The van der Waals surface area contributed by atoms with Gasteiger partial charge >= 0.3 is 0 Å². The lowest BCUT2D eigenvalue weighted by atomic mass is 9.99. The van der Waals surface area contributed by atoms with Crippen molar-refractivity contribution in [1.29, 1.82) is 0 Å². The summed E-state index contributed by atoms with van der Waals surface area (Å²) in [5.41, 5.74) is 4.68. The summed E-state index contributed by atoms with van der Waals surface area (Å²) in [6.45, 7) is 4.01. The molecule has 0 fully saturated rings. The average Bonchev–Trinajstić information content (AvgIpc) is 2.61. The van der Waals surface area contributed by atoms with Gasteiger partial charge in [-0.2, -0.15) is 0 Å². The predicted molar refractivity (Wildman–Crippen MR) is 95.2 cm³/mol. The third-order valence-corrected chi connectivity index (χ3v) is 3.85. The number of ketones is 1. The number of Topliss-reactive ketones (excluding diaryl/α,β-unsaturated/α-hetero) is 1. The number of aryl methyl sites for hydroxylation is 1. The van der Waals surface area contributed by atoms with E-state index in [1.54, 1.807) is 19.2 Å². The molecule has 0 saturated heterocycles. The number of carbonyl (C=O) groups excluding carboxylic acids is 1. The van der Waals surface area contributed by atoms with Crippen molar-refractivity contribution in [2.45, 2.75) is 20.5 Å². The maximum absolute atomic E-state index is 11.7.